The first-order valence-electron chi connectivity index (χ1n) is 3.76. The van der Waals surface area contributed by atoms with Crippen LogP contribution in [0.5, 0.6) is 0 Å². The maximum Gasteiger partial charge on any atom is 0.134 e. The van der Waals surface area contributed by atoms with Crippen LogP contribution in [0.1, 0.15) is 0 Å². The van der Waals surface area contributed by atoms with E-state index >= 15 is 0 Å². The van der Waals surface area contributed by atoms with E-state index < -0.39 is 30.6 Å². The van der Waals surface area contributed by atoms with E-state index in [4.69, 9.17) is 21.1 Å². The number of hydrogen-bond acceptors (Lipinski definition) is 6. The SMILES string of the molecule is NC[C@H]1NC(O)[C@H](O)[C@@H](O)[C@@H]1O. The first-order chi connectivity index (χ1) is 5.57. The Kier molecular flexibility index (Phi) is 2.99. The Morgan fingerprint density at radius 1 is 1.00 bits per heavy atom. The van der Waals surface area contributed by atoms with Crippen molar-refractivity contribution in [2.24, 2.45) is 5.73 Å². The van der Waals surface area contributed by atoms with Gasteiger partial charge in [-0.15, -0.1) is 0 Å². The van der Waals surface area contributed by atoms with Crippen molar-refractivity contribution in [3.63, 3.8) is 0 Å². The minimum absolute atomic E-state index is 0.0853. The lowest BCUT2D eigenvalue weighted by Gasteiger charge is -2.38. The molecule has 0 aromatic carbocycles. The van der Waals surface area contributed by atoms with E-state index in [1.54, 1.807) is 0 Å². The second-order valence-electron chi connectivity index (χ2n) is 2.93. The molecule has 0 aliphatic carbocycles. The molecule has 6 nitrogen and oxygen atoms in total. The normalized spacial score (nSPS) is 49.2. The van der Waals surface area contributed by atoms with Crippen molar-refractivity contribution in [1.82, 2.24) is 5.32 Å². The Hall–Kier alpha value is -0.240. The van der Waals surface area contributed by atoms with Gasteiger partial charge in [0.05, 0.1) is 12.1 Å². The summed E-state index contributed by atoms with van der Waals surface area (Å²) in [6, 6.07) is -0.585. The second-order valence-corrected chi connectivity index (χ2v) is 2.93. The van der Waals surface area contributed by atoms with Crippen LogP contribution in [0, 0.1) is 0 Å². The van der Waals surface area contributed by atoms with Crippen LogP contribution >= 0.6 is 0 Å². The molecule has 1 saturated heterocycles. The molecule has 0 bridgehead atoms. The van der Waals surface area contributed by atoms with E-state index in [-0.39, 0.29) is 6.54 Å². The van der Waals surface area contributed by atoms with E-state index in [1.807, 2.05) is 0 Å². The molecule has 12 heavy (non-hydrogen) atoms. The molecule has 5 atom stereocenters. The number of aliphatic hydroxyl groups excluding tert-OH is 4. The van der Waals surface area contributed by atoms with E-state index in [2.05, 4.69) is 5.32 Å². The third-order valence-electron chi connectivity index (χ3n) is 2.07. The average Bonchev–Trinajstić information content (AvgIpc) is 2.08. The molecule has 0 aromatic heterocycles. The summed E-state index contributed by atoms with van der Waals surface area (Å²) < 4.78 is 0. The van der Waals surface area contributed by atoms with E-state index in [9.17, 15) is 5.11 Å². The van der Waals surface area contributed by atoms with Gasteiger partial charge in [0.2, 0.25) is 0 Å². The van der Waals surface area contributed by atoms with Gasteiger partial charge in [0.1, 0.15) is 18.4 Å². The van der Waals surface area contributed by atoms with Gasteiger partial charge in [0.15, 0.2) is 0 Å². The van der Waals surface area contributed by atoms with Gasteiger partial charge in [0, 0.05) is 6.54 Å². The maximum atomic E-state index is 9.26. The summed E-state index contributed by atoms with van der Waals surface area (Å²) in [5, 5.41) is 39.0. The molecule has 7 N–H and O–H groups in total. The number of nitrogens with two attached hydrogens (primary N) is 1. The number of rotatable bonds is 1. The van der Waals surface area contributed by atoms with Crippen LogP contribution in [0.15, 0.2) is 0 Å². The molecule has 1 rings (SSSR count). The molecule has 0 radical (unpaired) electrons. The van der Waals surface area contributed by atoms with Gasteiger partial charge in [-0.2, -0.15) is 0 Å². The fraction of sp³-hybridized carbons (Fsp3) is 1.00. The van der Waals surface area contributed by atoms with E-state index in [0.717, 1.165) is 0 Å². The standard InChI is InChI=1S/C6H14N2O4/c7-1-2-3(9)4(10)5(11)6(12)8-2/h2-6,8-12H,1,7H2/t2-,3-,4+,5-,6?/m1/s1. The highest BCUT2D eigenvalue weighted by molar-refractivity contribution is 4.94. The summed E-state index contributed by atoms with van der Waals surface area (Å²) >= 11 is 0. The van der Waals surface area contributed by atoms with Crippen molar-refractivity contribution in [2.45, 2.75) is 30.6 Å². The van der Waals surface area contributed by atoms with Gasteiger partial charge in [0.25, 0.3) is 0 Å². The molecule has 0 saturated carbocycles. The number of aliphatic hydroxyl groups is 4. The van der Waals surface area contributed by atoms with E-state index in [1.165, 1.54) is 0 Å². The lowest BCUT2D eigenvalue weighted by molar-refractivity contribution is -0.155. The van der Waals surface area contributed by atoms with Crippen LogP contribution in [0.2, 0.25) is 0 Å². The number of hydrogen-bond donors (Lipinski definition) is 6. The van der Waals surface area contributed by atoms with Crippen molar-refractivity contribution >= 4 is 0 Å². The topological polar surface area (TPSA) is 119 Å². The van der Waals surface area contributed by atoms with Gasteiger partial charge in [-0.25, -0.2) is 0 Å². The highest BCUT2D eigenvalue weighted by atomic mass is 16.4. The first-order valence-corrected chi connectivity index (χ1v) is 3.76. The van der Waals surface area contributed by atoms with Crippen LogP contribution in [-0.4, -0.2) is 57.6 Å². The Labute approximate surface area is 69.6 Å². The molecule has 0 aromatic rings. The molecule has 1 fully saturated rings. The number of piperidine rings is 1. The van der Waals surface area contributed by atoms with Crippen molar-refractivity contribution in [1.29, 1.82) is 0 Å². The highest BCUT2D eigenvalue weighted by Crippen LogP contribution is 2.13. The molecular formula is C6H14N2O4. The van der Waals surface area contributed by atoms with Gasteiger partial charge in [-0.05, 0) is 0 Å². The predicted molar refractivity (Wildman–Crippen MR) is 40.0 cm³/mol. The Balaban J connectivity index is 2.63. The summed E-state index contributed by atoms with van der Waals surface area (Å²) in [5.41, 5.74) is 5.24. The first kappa shape index (κ1) is 9.85. The zero-order valence-corrected chi connectivity index (χ0v) is 6.46. The van der Waals surface area contributed by atoms with Gasteiger partial charge in [-0.3, -0.25) is 5.32 Å². The predicted octanol–water partition coefficient (Wildman–Crippen LogP) is -3.68. The Morgan fingerprint density at radius 3 is 2.08 bits per heavy atom. The smallest absolute Gasteiger partial charge is 0.134 e. The highest BCUT2D eigenvalue weighted by Gasteiger charge is 2.40. The lowest BCUT2D eigenvalue weighted by atomic mass is 9.95. The molecule has 1 heterocycles. The monoisotopic (exact) mass is 178 g/mol. The zero-order chi connectivity index (χ0) is 9.30. The van der Waals surface area contributed by atoms with Crippen LogP contribution < -0.4 is 11.1 Å². The van der Waals surface area contributed by atoms with Crippen LogP contribution in [-0.2, 0) is 0 Å². The molecule has 0 amide bonds. The second kappa shape index (κ2) is 3.65. The quantitative estimate of drug-likeness (QED) is 0.246. The molecular weight excluding hydrogens is 164 g/mol. The van der Waals surface area contributed by atoms with Crippen LogP contribution in [0.3, 0.4) is 0 Å². The largest absolute Gasteiger partial charge is 0.389 e. The summed E-state index contributed by atoms with van der Waals surface area (Å²) in [6.07, 6.45) is -5.11. The minimum atomic E-state index is -1.37. The van der Waals surface area contributed by atoms with Crippen molar-refractivity contribution in [3.05, 3.63) is 0 Å². The van der Waals surface area contributed by atoms with Crippen molar-refractivity contribution in [3.8, 4) is 0 Å². The van der Waals surface area contributed by atoms with Gasteiger partial charge in [-0.1, -0.05) is 0 Å². The molecule has 6 heteroatoms. The molecule has 1 aliphatic rings. The molecule has 1 aliphatic heterocycles. The van der Waals surface area contributed by atoms with Crippen molar-refractivity contribution < 1.29 is 20.4 Å². The molecule has 1 unspecified atom stereocenters. The summed E-state index contributed by atoms with van der Waals surface area (Å²) in [4.78, 5) is 0. The number of nitrogens with one attached hydrogen (secondary N) is 1. The fourth-order valence-electron chi connectivity index (χ4n) is 1.25. The average molecular weight is 178 g/mol. The fourth-order valence-corrected chi connectivity index (χ4v) is 1.25. The Bertz CT molecular complexity index is 152. The minimum Gasteiger partial charge on any atom is -0.389 e. The molecule has 0 spiro atoms. The third-order valence-corrected chi connectivity index (χ3v) is 2.07. The van der Waals surface area contributed by atoms with Gasteiger partial charge >= 0.3 is 0 Å². The maximum absolute atomic E-state index is 9.26. The van der Waals surface area contributed by atoms with Crippen molar-refractivity contribution in [2.75, 3.05) is 6.54 Å². The van der Waals surface area contributed by atoms with Crippen LogP contribution in [0.25, 0.3) is 0 Å². The summed E-state index contributed by atoms with van der Waals surface area (Å²) in [6.45, 7) is 0.0853. The lowest BCUT2D eigenvalue weighted by Crippen LogP contribution is -2.66. The van der Waals surface area contributed by atoms with E-state index in [0.29, 0.717) is 0 Å². The third kappa shape index (κ3) is 1.58. The van der Waals surface area contributed by atoms with Gasteiger partial charge < -0.3 is 26.2 Å². The Morgan fingerprint density at radius 2 is 1.58 bits per heavy atom. The summed E-state index contributed by atoms with van der Waals surface area (Å²) in [5.74, 6) is 0. The summed E-state index contributed by atoms with van der Waals surface area (Å²) in [7, 11) is 0. The van der Waals surface area contributed by atoms with Crippen LogP contribution in [0.4, 0.5) is 0 Å². The molecule has 72 valence electrons. The zero-order valence-electron chi connectivity index (χ0n) is 6.46.